The Kier molecular flexibility index (Phi) is 4.67. The van der Waals surface area contributed by atoms with E-state index in [9.17, 15) is 19.2 Å². The van der Waals surface area contributed by atoms with Gasteiger partial charge in [-0.15, -0.1) is 0 Å². The van der Waals surface area contributed by atoms with Gasteiger partial charge in [0.2, 0.25) is 11.8 Å². The molecule has 0 saturated carbocycles. The highest BCUT2D eigenvalue weighted by Crippen LogP contribution is 2.28. The van der Waals surface area contributed by atoms with Gasteiger partial charge >= 0.3 is 6.03 Å². The number of likely N-dealkylation sites (tertiary alicyclic amines) is 1. The lowest BCUT2D eigenvalue weighted by Gasteiger charge is -2.31. The molecule has 2 fully saturated rings. The van der Waals surface area contributed by atoms with E-state index in [0.29, 0.717) is 31.5 Å². The molecule has 0 aromatic heterocycles. The highest BCUT2D eigenvalue weighted by Gasteiger charge is 2.50. The lowest BCUT2D eigenvalue weighted by atomic mass is 9.92. The minimum absolute atomic E-state index is 0.0171. The van der Waals surface area contributed by atoms with Crippen LogP contribution in [0.1, 0.15) is 32.3 Å². The molecule has 1 atom stereocenters. The molecule has 0 aliphatic carbocycles. The van der Waals surface area contributed by atoms with Gasteiger partial charge in [-0.05, 0) is 25.3 Å². The Morgan fingerprint density at radius 1 is 1.15 bits per heavy atom. The maximum atomic E-state index is 12.8. The van der Waals surface area contributed by atoms with E-state index in [2.05, 4.69) is 10.7 Å². The first-order valence-corrected chi connectivity index (χ1v) is 8.61. The average Bonchev–Trinajstić information content (AvgIpc) is 2.86. The molecule has 2 heterocycles. The van der Waals surface area contributed by atoms with Gasteiger partial charge in [0.1, 0.15) is 5.54 Å². The zero-order chi connectivity index (χ0) is 18.9. The van der Waals surface area contributed by atoms with Crippen LogP contribution in [-0.2, 0) is 19.9 Å². The number of rotatable bonds is 3. The van der Waals surface area contributed by atoms with Crippen molar-refractivity contribution in [3.8, 4) is 0 Å². The summed E-state index contributed by atoms with van der Waals surface area (Å²) in [5, 5.41) is 3.40. The highest BCUT2D eigenvalue weighted by atomic mass is 16.2. The quantitative estimate of drug-likeness (QED) is 0.779. The SMILES string of the molecule is CC(=O)N1CCC(C(=O)NN2C(=O)NC(C)(c3ccccc3)C2=O)CC1. The first kappa shape index (κ1) is 17.9. The molecule has 2 N–H and O–H groups in total. The van der Waals surface area contributed by atoms with Crippen LogP contribution in [0.3, 0.4) is 0 Å². The third-order valence-electron chi connectivity index (χ3n) is 5.08. The van der Waals surface area contributed by atoms with E-state index < -0.39 is 17.5 Å². The standard InChI is InChI=1S/C18H22N4O4/c1-12(23)21-10-8-13(9-11-21)15(24)20-22-16(25)18(2,19-17(22)26)14-6-4-3-5-7-14/h3-7,13H,8-11H2,1-2H3,(H,19,26)(H,20,24). The van der Waals surface area contributed by atoms with Crippen LogP contribution >= 0.6 is 0 Å². The van der Waals surface area contributed by atoms with Crippen LogP contribution in [0.2, 0.25) is 0 Å². The van der Waals surface area contributed by atoms with E-state index in [1.807, 2.05) is 6.07 Å². The number of carbonyl (C=O) groups is 4. The molecular weight excluding hydrogens is 336 g/mol. The molecule has 0 spiro atoms. The molecule has 0 bridgehead atoms. The molecule has 2 saturated heterocycles. The third kappa shape index (κ3) is 3.14. The lowest BCUT2D eigenvalue weighted by molar-refractivity contribution is -0.142. The molecular formula is C18H22N4O4. The predicted molar refractivity (Wildman–Crippen MR) is 92.3 cm³/mol. The molecule has 2 aliphatic rings. The number of hydrogen-bond donors (Lipinski definition) is 2. The number of hydrazine groups is 1. The third-order valence-corrected chi connectivity index (χ3v) is 5.08. The van der Waals surface area contributed by atoms with Gasteiger partial charge in [-0.25, -0.2) is 4.79 Å². The van der Waals surface area contributed by atoms with E-state index in [0.717, 1.165) is 5.01 Å². The first-order valence-electron chi connectivity index (χ1n) is 8.61. The van der Waals surface area contributed by atoms with Crippen LogP contribution in [-0.4, -0.2) is 46.8 Å². The van der Waals surface area contributed by atoms with Crippen molar-refractivity contribution in [3.05, 3.63) is 35.9 Å². The van der Waals surface area contributed by atoms with Crippen molar-refractivity contribution in [2.45, 2.75) is 32.2 Å². The van der Waals surface area contributed by atoms with Gasteiger partial charge in [0.05, 0.1) is 0 Å². The summed E-state index contributed by atoms with van der Waals surface area (Å²) in [7, 11) is 0. The summed E-state index contributed by atoms with van der Waals surface area (Å²) in [6, 6.07) is 8.23. The van der Waals surface area contributed by atoms with Crippen molar-refractivity contribution in [2.75, 3.05) is 13.1 Å². The van der Waals surface area contributed by atoms with Crippen molar-refractivity contribution in [3.63, 3.8) is 0 Å². The number of amides is 5. The maximum Gasteiger partial charge on any atom is 0.344 e. The number of piperidine rings is 1. The molecule has 0 radical (unpaired) electrons. The van der Waals surface area contributed by atoms with Gasteiger partial charge in [0.15, 0.2) is 0 Å². The van der Waals surface area contributed by atoms with Crippen LogP contribution in [0.4, 0.5) is 4.79 Å². The molecule has 3 rings (SSSR count). The monoisotopic (exact) mass is 358 g/mol. The zero-order valence-electron chi connectivity index (χ0n) is 14.8. The van der Waals surface area contributed by atoms with Gasteiger partial charge in [-0.1, -0.05) is 30.3 Å². The normalized spacial score (nSPS) is 23.8. The summed E-state index contributed by atoms with van der Waals surface area (Å²) in [5.41, 5.74) is 1.87. The fourth-order valence-electron chi connectivity index (χ4n) is 3.37. The van der Waals surface area contributed by atoms with Crippen LogP contribution in [0.15, 0.2) is 30.3 Å². The van der Waals surface area contributed by atoms with Gasteiger partial charge in [-0.3, -0.25) is 19.8 Å². The Hall–Kier alpha value is -2.90. The fraction of sp³-hybridized carbons (Fsp3) is 0.444. The minimum atomic E-state index is -1.22. The second-order valence-electron chi connectivity index (χ2n) is 6.82. The second-order valence-corrected chi connectivity index (χ2v) is 6.82. The Bertz CT molecular complexity index is 743. The second kappa shape index (κ2) is 6.78. The van der Waals surface area contributed by atoms with Crippen molar-refractivity contribution < 1.29 is 19.2 Å². The van der Waals surface area contributed by atoms with Crippen LogP contribution in [0, 0.1) is 5.92 Å². The molecule has 1 unspecified atom stereocenters. The zero-order valence-corrected chi connectivity index (χ0v) is 14.8. The summed E-state index contributed by atoms with van der Waals surface area (Å²) in [5.74, 6) is -1.26. The molecule has 8 nitrogen and oxygen atoms in total. The minimum Gasteiger partial charge on any atom is -0.343 e. The van der Waals surface area contributed by atoms with E-state index in [-0.39, 0.29) is 17.7 Å². The summed E-state index contributed by atoms with van der Waals surface area (Å²) in [4.78, 5) is 50.6. The molecule has 138 valence electrons. The van der Waals surface area contributed by atoms with Gasteiger partial charge in [-0.2, -0.15) is 5.01 Å². The predicted octanol–water partition coefficient (Wildman–Crippen LogP) is 0.743. The topological polar surface area (TPSA) is 98.8 Å². The molecule has 2 aliphatic heterocycles. The Balaban J connectivity index is 1.67. The highest BCUT2D eigenvalue weighted by molar-refractivity contribution is 6.08. The summed E-state index contributed by atoms with van der Waals surface area (Å²) in [6.07, 6.45) is 1.01. The van der Waals surface area contributed by atoms with Crippen molar-refractivity contribution >= 4 is 23.8 Å². The molecule has 1 aromatic carbocycles. The number of urea groups is 1. The van der Waals surface area contributed by atoms with E-state index >= 15 is 0 Å². The van der Waals surface area contributed by atoms with Crippen LogP contribution < -0.4 is 10.7 Å². The van der Waals surface area contributed by atoms with E-state index in [1.165, 1.54) is 6.92 Å². The number of hydrogen-bond acceptors (Lipinski definition) is 4. The summed E-state index contributed by atoms with van der Waals surface area (Å²) >= 11 is 0. The first-order chi connectivity index (χ1) is 12.3. The smallest absolute Gasteiger partial charge is 0.343 e. The number of benzene rings is 1. The molecule has 1 aromatic rings. The summed E-state index contributed by atoms with van der Waals surface area (Å²) in [6.45, 7) is 4.10. The van der Waals surface area contributed by atoms with E-state index in [1.54, 1.807) is 36.1 Å². The Morgan fingerprint density at radius 2 is 1.77 bits per heavy atom. The largest absolute Gasteiger partial charge is 0.344 e. The molecule has 5 amide bonds. The van der Waals surface area contributed by atoms with Crippen molar-refractivity contribution in [1.29, 1.82) is 0 Å². The van der Waals surface area contributed by atoms with Crippen molar-refractivity contribution in [2.24, 2.45) is 5.92 Å². The van der Waals surface area contributed by atoms with Crippen LogP contribution in [0.25, 0.3) is 0 Å². The van der Waals surface area contributed by atoms with Crippen LogP contribution in [0.5, 0.6) is 0 Å². The van der Waals surface area contributed by atoms with Gasteiger partial charge in [0.25, 0.3) is 5.91 Å². The van der Waals surface area contributed by atoms with Crippen molar-refractivity contribution in [1.82, 2.24) is 20.7 Å². The number of imide groups is 1. The average molecular weight is 358 g/mol. The van der Waals surface area contributed by atoms with Gasteiger partial charge in [0, 0.05) is 25.9 Å². The number of carbonyl (C=O) groups excluding carboxylic acids is 4. The molecule has 8 heteroatoms. The maximum absolute atomic E-state index is 12.8. The van der Waals surface area contributed by atoms with E-state index in [4.69, 9.17) is 0 Å². The Labute approximate surface area is 151 Å². The van der Waals surface area contributed by atoms with Gasteiger partial charge < -0.3 is 10.2 Å². The fourth-order valence-corrected chi connectivity index (χ4v) is 3.37. The summed E-state index contributed by atoms with van der Waals surface area (Å²) < 4.78 is 0. The molecule has 26 heavy (non-hydrogen) atoms. The number of nitrogens with zero attached hydrogens (tertiary/aromatic N) is 2. The number of nitrogens with one attached hydrogen (secondary N) is 2. The Morgan fingerprint density at radius 3 is 2.35 bits per heavy atom. The lowest BCUT2D eigenvalue weighted by Crippen LogP contribution is -2.51.